The summed E-state index contributed by atoms with van der Waals surface area (Å²) >= 11 is 1.38. The summed E-state index contributed by atoms with van der Waals surface area (Å²) in [5.41, 5.74) is 0.851. The Bertz CT molecular complexity index is 479. The van der Waals surface area contributed by atoms with E-state index in [1.165, 1.54) is 17.8 Å². The van der Waals surface area contributed by atoms with Gasteiger partial charge in [-0.3, -0.25) is 0 Å². The van der Waals surface area contributed by atoms with Crippen LogP contribution in [0.25, 0.3) is 0 Å². The molecule has 110 valence electrons. The average molecular weight is 295 g/mol. The number of carboxylic acids is 1. The minimum absolute atomic E-state index is 0.394. The maximum absolute atomic E-state index is 11.3. The van der Waals surface area contributed by atoms with Gasteiger partial charge >= 0.3 is 5.97 Å². The fourth-order valence-corrected chi connectivity index (χ4v) is 3.76. The molecule has 0 bridgehead atoms. The highest BCUT2D eigenvalue weighted by Crippen LogP contribution is 2.39. The third-order valence-corrected chi connectivity index (χ3v) is 5.35. The van der Waals surface area contributed by atoms with Crippen molar-refractivity contribution in [3.05, 3.63) is 15.6 Å². The number of aromatic nitrogens is 1. The maximum atomic E-state index is 11.3. The van der Waals surface area contributed by atoms with Crippen LogP contribution in [0.3, 0.4) is 0 Å². The van der Waals surface area contributed by atoms with Gasteiger partial charge in [0, 0.05) is 45.1 Å². The molecule has 3 rings (SSSR count). The van der Waals surface area contributed by atoms with E-state index in [-0.39, 0.29) is 0 Å². The summed E-state index contributed by atoms with van der Waals surface area (Å²) in [6.45, 7) is 5.23. The molecular weight excluding hydrogens is 274 g/mol. The number of thiazole rings is 1. The third-order valence-electron chi connectivity index (χ3n) is 4.24. The molecule has 2 N–H and O–H groups in total. The number of hydrogen-bond donors (Lipinski definition) is 2. The zero-order valence-electron chi connectivity index (χ0n) is 11.6. The maximum Gasteiger partial charge on any atom is 0.347 e. The largest absolute Gasteiger partial charge is 0.477 e. The molecule has 6 heteroatoms. The molecule has 2 aliphatic rings. The molecule has 1 aliphatic heterocycles. The van der Waals surface area contributed by atoms with Crippen molar-refractivity contribution < 1.29 is 9.90 Å². The Kier molecular flexibility index (Phi) is 4.33. The molecule has 0 radical (unpaired) electrons. The summed E-state index contributed by atoms with van der Waals surface area (Å²) in [5, 5.41) is 13.6. The van der Waals surface area contributed by atoms with Crippen LogP contribution in [0.2, 0.25) is 0 Å². The summed E-state index contributed by atoms with van der Waals surface area (Å²) in [7, 11) is 0. The Labute approximate surface area is 123 Å². The van der Waals surface area contributed by atoms with Crippen LogP contribution in [0.15, 0.2) is 0 Å². The molecule has 0 atom stereocenters. The minimum Gasteiger partial charge on any atom is -0.477 e. The van der Waals surface area contributed by atoms with Gasteiger partial charge in [-0.25, -0.2) is 9.78 Å². The van der Waals surface area contributed by atoms with E-state index in [1.807, 2.05) is 0 Å². The monoisotopic (exact) mass is 295 g/mol. The topological polar surface area (TPSA) is 65.5 Å². The van der Waals surface area contributed by atoms with Gasteiger partial charge in [0.25, 0.3) is 0 Å². The summed E-state index contributed by atoms with van der Waals surface area (Å²) in [6, 6.07) is 0. The Morgan fingerprint density at radius 2 is 2.15 bits per heavy atom. The fourth-order valence-electron chi connectivity index (χ4n) is 2.79. The quantitative estimate of drug-likeness (QED) is 0.863. The molecule has 0 amide bonds. The highest BCUT2D eigenvalue weighted by Gasteiger charge is 2.28. The molecule has 20 heavy (non-hydrogen) atoms. The van der Waals surface area contributed by atoms with Crippen LogP contribution in [0.1, 0.15) is 45.6 Å². The molecule has 1 saturated heterocycles. The van der Waals surface area contributed by atoms with Crippen molar-refractivity contribution in [2.75, 3.05) is 32.7 Å². The number of carbonyl (C=O) groups is 1. The summed E-state index contributed by atoms with van der Waals surface area (Å²) in [4.78, 5) is 18.9. The minimum atomic E-state index is -0.808. The van der Waals surface area contributed by atoms with Crippen LogP contribution in [-0.4, -0.2) is 53.7 Å². The van der Waals surface area contributed by atoms with Gasteiger partial charge in [0.1, 0.15) is 4.88 Å². The van der Waals surface area contributed by atoms with Crippen molar-refractivity contribution in [3.8, 4) is 0 Å². The SMILES string of the molecule is O=C(O)c1sc(CCN2CCNCC2)nc1C1CCC1. The highest BCUT2D eigenvalue weighted by atomic mass is 32.1. The van der Waals surface area contributed by atoms with Gasteiger partial charge in [-0.1, -0.05) is 6.42 Å². The van der Waals surface area contributed by atoms with Crippen LogP contribution < -0.4 is 5.32 Å². The van der Waals surface area contributed by atoms with E-state index in [9.17, 15) is 9.90 Å². The Balaban J connectivity index is 1.65. The van der Waals surface area contributed by atoms with Crippen molar-refractivity contribution >= 4 is 17.3 Å². The van der Waals surface area contributed by atoms with Gasteiger partial charge < -0.3 is 15.3 Å². The van der Waals surface area contributed by atoms with E-state index in [2.05, 4.69) is 15.2 Å². The van der Waals surface area contributed by atoms with Gasteiger partial charge in [-0.2, -0.15) is 0 Å². The summed E-state index contributed by atoms with van der Waals surface area (Å²) < 4.78 is 0. The standard InChI is InChI=1S/C14H21N3O2S/c18-14(19)13-12(10-2-1-3-10)16-11(20-13)4-7-17-8-5-15-6-9-17/h10,15H,1-9H2,(H,18,19). The molecule has 0 spiro atoms. The van der Waals surface area contributed by atoms with E-state index in [0.717, 1.165) is 62.7 Å². The first kappa shape index (κ1) is 14.0. The number of aromatic carboxylic acids is 1. The van der Waals surface area contributed by atoms with Crippen molar-refractivity contribution in [2.45, 2.75) is 31.6 Å². The van der Waals surface area contributed by atoms with Crippen molar-refractivity contribution in [1.29, 1.82) is 0 Å². The van der Waals surface area contributed by atoms with Crippen LogP contribution in [-0.2, 0) is 6.42 Å². The van der Waals surface area contributed by atoms with Crippen LogP contribution >= 0.6 is 11.3 Å². The molecule has 5 nitrogen and oxygen atoms in total. The van der Waals surface area contributed by atoms with Gasteiger partial charge in [-0.15, -0.1) is 11.3 Å². The molecular formula is C14H21N3O2S. The molecule has 2 heterocycles. The predicted molar refractivity (Wildman–Crippen MR) is 78.7 cm³/mol. The van der Waals surface area contributed by atoms with Gasteiger partial charge in [-0.05, 0) is 12.8 Å². The van der Waals surface area contributed by atoms with Gasteiger partial charge in [0.2, 0.25) is 0 Å². The average Bonchev–Trinajstić information content (AvgIpc) is 2.80. The fraction of sp³-hybridized carbons (Fsp3) is 0.714. The normalized spacial score (nSPS) is 20.8. The summed E-state index contributed by atoms with van der Waals surface area (Å²) in [6.07, 6.45) is 4.28. The molecule has 1 saturated carbocycles. The smallest absolute Gasteiger partial charge is 0.347 e. The molecule has 0 aromatic carbocycles. The zero-order valence-corrected chi connectivity index (χ0v) is 12.4. The van der Waals surface area contributed by atoms with Crippen molar-refractivity contribution in [1.82, 2.24) is 15.2 Å². The molecule has 0 unspecified atom stereocenters. The van der Waals surface area contributed by atoms with E-state index in [0.29, 0.717) is 10.8 Å². The predicted octanol–water partition coefficient (Wildman–Crippen LogP) is 1.56. The second-order valence-electron chi connectivity index (χ2n) is 5.60. The lowest BCUT2D eigenvalue weighted by atomic mass is 9.82. The van der Waals surface area contributed by atoms with Crippen LogP contribution in [0, 0.1) is 0 Å². The van der Waals surface area contributed by atoms with Crippen molar-refractivity contribution in [2.24, 2.45) is 0 Å². The van der Waals surface area contributed by atoms with Crippen LogP contribution in [0.4, 0.5) is 0 Å². The first-order valence-electron chi connectivity index (χ1n) is 7.40. The summed E-state index contributed by atoms with van der Waals surface area (Å²) in [5.74, 6) is -0.414. The highest BCUT2D eigenvalue weighted by molar-refractivity contribution is 7.13. The van der Waals surface area contributed by atoms with Gasteiger partial charge in [0.15, 0.2) is 0 Å². The number of carboxylic acid groups (broad SMARTS) is 1. The second-order valence-corrected chi connectivity index (χ2v) is 6.68. The number of nitrogens with one attached hydrogen (secondary N) is 1. The van der Waals surface area contributed by atoms with E-state index < -0.39 is 5.97 Å². The molecule has 1 aromatic rings. The lowest BCUT2D eigenvalue weighted by molar-refractivity contribution is 0.0699. The van der Waals surface area contributed by atoms with E-state index in [4.69, 9.17) is 0 Å². The molecule has 1 aliphatic carbocycles. The molecule has 2 fully saturated rings. The lowest BCUT2D eigenvalue weighted by Crippen LogP contribution is -2.44. The van der Waals surface area contributed by atoms with Crippen LogP contribution in [0.5, 0.6) is 0 Å². The molecule has 1 aromatic heterocycles. The Morgan fingerprint density at radius 3 is 2.75 bits per heavy atom. The van der Waals surface area contributed by atoms with E-state index in [1.54, 1.807) is 0 Å². The lowest BCUT2D eigenvalue weighted by Gasteiger charge is -2.26. The number of rotatable bonds is 5. The zero-order chi connectivity index (χ0) is 13.9. The first-order valence-corrected chi connectivity index (χ1v) is 8.21. The number of hydrogen-bond acceptors (Lipinski definition) is 5. The number of piperazine rings is 1. The first-order chi connectivity index (χ1) is 9.74. The Morgan fingerprint density at radius 1 is 1.40 bits per heavy atom. The van der Waals surface area contributed by atoms with Gasteiger partial charge in [0.05, 0.1) is 10.7 Å². The Hall–Kier alpha value is -0.980. The van der Waals surface area contributed by atoms with Crippen molar-refractivity contribution in [3.63, 3.8) is 0 Å². The second kappa shape index (κ2) is 6.20. The number of nitrogens with zero attached hydrogens (tertiary/aromatic N) is 2. The van der Waals surface area contributed by atoms with E-state index >= 15 is 0 Å². The third kappa shape index (κ3) is 3.02.